The molecule has 0 saturated carbocycles. The van der Waals surface area contributed by atoms with E-state index in [1.807, 2.05) is 0 Å². The fraction of sp³-hybridized carbons (Fsp3) is 0. The first-order valence-electron chi connectivity index (χ1n) is 3.18. The lowest BCUT2D eigenvalue weighted by atomic mass is 10.2. The van der Waals surface area contributed by atoms with Gasteiger partial charge in [0.2, 0.25) is 0 Å². The summed E-state index contributed by atoms with van der Waals surface area (Å²) >= 11 is 1.72. The number of aromatic hydroxyl groups is 1. The van der Waals surface area contributed by atoms with Crippen LogP contribution in [0.15, 0.2) is 12.1 Å². The summed E-state index contributed by atoms with van der Waals surface area (Å²) < 4.78 is 0.286. The van der Waals surface area contributed by atoms with Gasteiger partial charge in [-0.25, -0.2) is 0 Å². The minimum atomic E-state index is -0.616. The molecule has 0 bridgehead atoms. The summed E-state index contributed by atoms with van der Waals surface area (Å²) in [6.07, 6.45) is 0.379. The maximum atomic E-state index is 10.4. The number of hydrogen-bond donors (Lipinski definition) is 1. The molecule has 13 heavy (non-hydrogen) atoms. The molecular weight excluding hydrogens is 289 g/mol. The van der Waals surface area contributed by atoms with Gasteiger partial charge in [0.05, 0.1) is 14.1 Å². The van der Waals surface area contributed by atoms with Gasteiger partial charge in [0.25, 0.3) is 5.69 Å². The lowest BCUT2D eigenvalue weighted by Gasteiger charge is -1.99. The van der Waals surface area contributed by atoms with Gasteiger partial charge in [-0.3, -0.25) is 14.9 Å². The van der Waals surface area contributed by atoms with Crippen molar-refractivity contribution in [3.63, 3.8) is 0 Å². The lowest BCUT2D eigenvalue weighted by molar-refractivity contribution is -0.385. The number of hydrogen-bond acceptors (Lipinski definition) is 4. The standard InChI is InChI=1S/C7H4INO4/c8-6-2-5(9(12)13)1-4(3-10)7(6)11/h1-3,11H. The first-order valence-corrected chi connectivity index (χ1v) is 4.26. The number of halogens is 1. The Morgan fingerprint density at radius 2 is 2.15 bits per heavy atom. The zero-order valence-corrected chi connectivity index (χ0v) is 8.39. The summed E-state index contributed by atoms with van der Waals surface area (Å²) in [4.78, 5) is 20.1. The fourth-order valence-corrected chi connectivity index (χ4v) is 1.43. The van der Waals surface area contributed by atoms with Crippen LogP contribution in [0.5, 0.6) is 5.75 Å². The van der Waals surface area contributed by atoms with Crippen molar-refractivity contribution in [2.75, 3.05) is 0 Å². The Hall–Kier alpha value is -1.18. The molecule has 1 N–H and O–H groups in total. The number of carbonyl (C=O) groups excluding carboxylic acids is 1. The van der Waals surface area contributed by atoms with E-state index in [9.17, 15) is 20.0 Å². The van der Waals surface area contributed by atoms with Gasteiger partial charge in [0.1, 0.15) is 5.75 Å². The maximum absolute atomic E-state index is 10.4. The summed E-state index contributed by atoms with van der Waals surface area (Å²) in [5.41, 5.74) is -0.275. The van der Waals surface area contributed by atoms with Crippen LogP contribution in [0.4, 0.5) is 5.69 Å². The van der Waals surface area contributed by atoms with E-state index in [0.717, 1.165) is 6.07 Å². The van der Waals surface area contributed by atoms with Crippen molar-refractivity contribution < 1.29 is 14.8 Å². The molecule has 1 aromatic rings. The van der Waals surface area contributed by atoms with Crippen molar-refractivity contribution in [3.05, 3.63) is 31.4 Å². The van der Waals surface area contributed by atoms with Crippen LogP contribution in [0.3, 0.4) is 0 Å². The Balaban J connectivity index is 3.38. The van der Waals surface area contributed by atoms with Gasteiger partial charge in [-0.15, -0.1) is 0 Å². The molecule has 0 saturated heterocycles. The number of aldehydes is 1. The van der Waals surface area contributed by atoms with Crippen LogP contribution in [0, 0.1) is 13.7 Å². The molecular formula is C7H4INO4. The van der Waals surface area contributed by atoms with Crippen molar-refractivity contribution in [2.24, 2.45) is 0 Å². The maximum Gasteiger partial charge on any atom is 0.271 e. The van der Waals surface area contributed by atoms with E-state index in [1.165, 1.54) is 6.07 Å². The molecule has 0 aliphatic heterocycles. The van der Waals surface area contributed by atoms with Gasteiger partial charge in [-0.2, -0.15) is 0 Å². The summed E-state index contributed by atoms with van der Waals surface area (Å²) in [6, 6.07) is 2.23. The topological polar surface area (TPSA) is 80.4 Å². The molecule has 0 radical (unpaired) electrons. The van der Waals surface area contributed by atoms with E-state index in [-0.39, 0.29) is 20.6 Å². The zero-order chi connectivity index (χ0) is 10.0. The van der Waals surface area contributed by atoms with Crippen LogP contribution in [-0.4, -0.2) is 16.3 Å². The molecule has 0 amide bonds. The predicted molar refractivity (Wildman–Crippen MR) is 52.9 cm³/mol. The second-order valence-electron chi connectivity index (χ2n) is 2.24. The number of phenolic OH excluding ortho intramolecular Hbond substituents is 1. The molecule has 1 aromatic carbocycles. The van der Waals surface area contributed by atoms with E-state index >= 15 is 0 Å². The van der Waals surface area contributed by atoms with E-state index in [2.05, 4.69) is 0 Å². The third kappa shape index (κ3) is 1.94. The van der Waals surface area contributed by atoms with E-state index in [1.54, 1.807) is 22.6 Å². The number of benzene rings is 1. The van der Waals surface area contributed by atoms with Gasteiger partial charge in [-0.1, -0.05) is 0 Å². The first kappa shape index (κ1) is 9.90. The summed E-state index contributed by atoms with van der Waals surface area (Å²) in [6.45, 7) is 0. The Morgan fingerprint density at radius 3 is 2.62 bits per heavy atom. The number of non-ortho nitro benzene ring substituents is 1. The largest absolute Gasteiger partial charge is 0.506 e. The smallest absolute Gasteiger partial charge is 0.271 e. The number of rotatable bonds is 2. The number of nitro benzene ring substituents is 1. The van der Waals surface area contributed by atoms with Gasteiger partial charge in [0, 0.05) is 12.1 Å². The highest BCUT2D eigenvalue weighted by Crippen LogP contribution is 2.28. The molecule has 0 heterocycles. The number of carbonyl (C=O) groups is 1. The van der Waals surface area contributed by atoms with E-state index in [0.29, 0.717) is 6.29 Å². The average Bonchev–Trinajstić information content (AvgIpc) is 2.09. The summed E-state index contributed by atoms with van der Waals surface area (Å²) in [7, 11) is 0. The quantitative estimate of drug-likeness (QED) is 0.389. The molecule has 5 nitrogen and oxygen atoms in total. The van der Waals surface area contributed by atoms with Crippen LogP contribution in [0.25, 0.3) is 0 Å². The minimum Gasteiger partial charge on any atom is -0.506 e. The normalized spacial score (nSPS) is 9.62. The average molecular weight is 293 g/mol. The number of phenols is 1. The van der Waals surface area contributed by atoms with Crippen molar-refractivity contribution in [2.45, 2.75) is 0 Å². The van der Waals surface area contributed by atoms with Gasteiger partial charge in [-0.05, 0) is 22.6 Å². The summed E-state index contributed by atoms with van der Waals surface area (Å²) in [5, 5.41) is 19.6. The number of nitrogens with zero attached hydrogens (tertiary/aromatic N) is 1. The third-order valence-electron chi connectivity index (χ3n) is 1.42. The van der Waals surface area contributed by atoms with Crippen LogP contribution in [0.2, 0.25) is 0 Å². The molecule has 0 atom stereocenters. The van der Waals surface area contributed by atoms with Crippen molar-refractivity contribution in [3.8, 4) is 5.75 Å². The Kier molecular flexibility index (Phi) is 2.81. The van der Waals surface area contributed by atoms with Gasteiger partial charge < -0.3 is 5.11 Å². The molecule has 0 unspecified atom stereocenters. The Labute approximate surface area is 86.7 Å². The van der Waals surface area contributed by atoms with Crippen molar-refractivity contribution >= 4 is 34.6 Å². The van der Waals surface area contributed by atoms with Crippen molar-refractivity contribution in [1.82, 2.24) is 0 Å². The highest BCUT2D eigenvalue weighted by molar-refractivity contribution is 14.1. The van der Waals surface area contributed by atoms with Crippen molar-refractivity contribution in [1.29, 1.82) is 0 Å². The summed E-state index contributed by atoms with van der Waals surface area (Å²) in [5.74, 6) is -0.221. The first-order chi connectivity index (χ1) is 6.06. The molecule has 0 spiro atoms. The predicted octanol–water partition coefficient (Wildman–Crippen LogP) is 1.72. The van der Waals surface area contributed by atoms with Crippen LogP contribution in [0.1, 0.15) is 10.4 Å². The Bertz CT molecular complexity index is 377. The molecule has 0 aliphatic carbocycles. The van der Waals surface area contributed by atoms with Crippen LogP contribution >= 0.6 is 22.6 Å². The molecule has 68 valence electrons. The second-order valence-corrected chi connectivity index (χ2v) is 3.40. The second kappa shape index (κ2) is 3.69. The SMILES string of the molecule is O=Cc1cc([N+](=O)[O-])cc(I)c1O. The van der Waals surface area contributed by atoms with Gasteiger partial charge >= 0.3 is 0 Å². The monoisotopic (exact) mass is 293 g/mol. The molecule has 0 fully saturated rings. The van der Waals surface area contributed by atoms with E-state index in [4.69, 9.17) is 0 Å². The van der Waals surface area contributed by atoms with E-state index < -0.39 is 4.92 Å². The number of nitro groups is 1. The molecule has 0 aromatic heterocycles. The molecule has 6 heteroatoms. The fourth-order valence-electron chi connectivity index (χ4n) is 0.801. The van der Waals surface area contributed by atoms with Crippen LogP contribution < -0.4 is 0 Å². The molecule has 1 rings (SSSR count). The minimum absolute atomic E-state index is 0.0707. The molecule has 0 aliphatic rings. The van der Waals surface area contributed by atoms with Gasteiger partial charge in [0.15, 0.2) is 6.29 Å². The zero-order valence-electron chi connectivity index (χ0n) is 6.23. The Morgan fingerprint density at radius 1 is 1.54 bits per heavy atom. The highest BCUT2D eigenvalue weighted by atomic mass is 127. The van der Waals surface area contributed by atoms with Crippen LogP contribution in [-0.2, 0) is 0 Å². The highest BCUT2D eigenvalue weighted by Gasteiger charge is 2.13. The lowest BCUT2D eigenvalue weighted by Crippen LogP contribution is -1.92. The third-order valence-corrected chi connectivity index (χ3v) is 2.24.